The summed E-state index contributed by atoms with van der Waals surface area (Å²) in [5, 5.41) is 0.817. The number of benzene rings is 1. The van der Waals surface area contributed by atoms with Gasteiger partial charge in [-0.3, -0.25) is 0 Å². The van der Waals surface area contributed by atoms with E-state index >= 15 is 0 Å². The lowest BCUT2D eigenvalue weighted by atomic mass is 10.1. The van der Waals surface area contributed by atoms with E-state index in [0.29, 0.717) is 0 Å². The molecule has 2 heterocycles. The molecule has 0 spiro atoms. The maximum Gasteiger partial charge on any atom is 0.298 e. The number of hydrogen-bond donors (Lipinski definition) is 0. The van der Waals surface area contributed by atoms with E-state index in [4.69, 9.17) is 0 Å². The minimum absolute atomic E-state index is 0.817. The molecule has 0 N–H and O–H groups in total. The van der Waals surface area contributed by atoms with Gasteiger partial charge in [-0.15, -0.1) is 0 Å². The molecule has 90 valence electrons. The summed E-state index contributed by atoms with van der Waals surface area (Å²) in [5.41, 5.74) is 1.43. The molecular formula is C14H18NS2+. The van der Waals surface area contributed by atoms with Crippen LogP contribution in [0.4, 0.5) is 0 Å². The second kappa shape index (κ2) is 4.99. The number of hydrogen-bond acceptors (Lipinski definition) is 2. The monoisotopic (exact) mass is 264 g/mol. The van der Waals surface area contributed by atoms with Crippen molar-refractivity contribution in [3.8, 4) is 0 Å². The van der Waals surface area contributed by atoms with Crippen molar-refractivity contribution in [1.29, 1.82) is 0 Å². The Morgan fingerprint density at radius 3 is 3.06 bits per heavy atom. The van der Waals surface area contributed by atoms with Crippen LogP contribution < -0.4 is 4.57 Å². The minimum Gasteiger partial charge on any atom is -0.175 e. The zero-order chi connectivity index (χ0) is 11.7. The highest BCUT2D eigenvalue weighted by Crippen LogP contribution is 2.37. The third-order valence-electron chi connectivity index (χ3n) is 3.36. The highest BCUT2D eigenvalue weighted by molar-refractivity contribution is 8.01. The highest BCUT2D eigenvalue weighted by atomic mass is 32.2. The molecule has 0 fully saturated rings. The maximum atomic E-state index is 2.52. The van der Waals surface area contributed by atoms with Crippen LogP contribution in [-0.2, 0) is 6.54 Å². The van der Waals surface area contributed by atoms with Gasteiger partial charge in [0.15, 0.2) is 6.54 Å². The summed E-state index contributed by atoms with van der Waals surface area (Å²) in [6.45, 7) is 3.49. The molecule has 1 nitrogen and oxygen atoms in total. The Labute approximate surface area is 111 Å². The van der Waals surface area contributed by atoms with E-state index in [9.17, 15) is 0 Å². The quantitative estimate of drug-likeness (QED) is 0.590. The molecule has 0 saturated heterocycles. The number of unbranched alkanes of at least 4 members (excludes halogenated alkanes) is 2. The van der Waals surface area contributed by atoms with Crippen LogP contribution >= 0.6 is 23.1 Å². The number of para-hydroxylation sites is 1. The van der Waals surface area contributed by atoms with Gasteiger partial charge in [0.2, 0.25) is 5.52 Å². The van der Waals surface area contributed by atoms with Crippen LogP contribution in [0, 0.1) is 0 Å². The van der Waals surface area contributed by atoms with E-state index in [-0.39, 0.29) is 0 Å². The van der Waals surface area contributed by atoms with E-state index in [1.54, 1.807) is 0 Å². The van der Waals surface area contributed by atoms with Crippen LogP contribution in [0.2, 0.25) is 0 Å². The normalized spacial score (nSPS) is 18.8. The maximum absolute atomic E-state index is 2.52. The number of nitrogens with zero attached hydrogens (tertiary/aromatic N) is 1. The molecule has 2 aromatic rings. The summed E-state index contributed by atoms with van der Waals surface area (Å²) < 4.78 is 5.45. The lowest BCUT2D eigenvalue weighted by molar-refractivity contribution is -0.695. The zero-order valence-corrected chi connectivity index (χ0v) is 11.8. The SMILES string of the molecule is CCCCCC1C[n+]2c(sc3ccccc32)S1. The first-order valence-electron chi connectivity index (χ1n) is 6.46. The van der Waals surface area contributed by atoms with Crippen molar-refractivity contribution < 1.29 is 4.57 Å². The number of aromatic nitrogens is 1. The smallest absolute Gasteiger partial charge is 0.175 e. The van der Waals surface area contributed by atoms with E-state index in [0.717, 1.165) is 5.25 Å². The summed E-state index contributed by atoms with van der Waals surface area (Å²) in [5.74, 6) is 0. The molecule has 0 aliphatic carbocycles. The van der Waals surface area contributed by atoms with Crippen LogP contribution in [0.1, 0.15) is 32.6 Å². The number of fused-ring (bicyclic) bond motifs is 3. The molecule has 1 atom stereocenters. The number of thioether (sulfide) groups is 1. The molecule has 0 saturated carbocycles. The Hall–Kier alpha value is -0.540. The van der Waals surface area contributed by atoms with Crippen molar-refractivity contribution in [3.05, 3.63) is 24.3 Å². The Bertz CT molecular complexity index is 518. The first kappa shape index (κ1) is 11.5. The van der Waals surface area contributed by atoms with Crippen molar-refractivity contribution in [2.75, 3.05) is 0 Å². The van der Waals surface area contributed by atoms with Gasteiger partial charge in [0.25, 0.3) is 4.34 Å². The summed E-state index contributed by atoms with van der Waals surface area (Å²) >= 11 is 4.05. The highest BCUT2D eigenvalue weighted by Gasteiger charge is 2.33. The Morgan fingerprint density at radius 2 is 2.18 bits per heavy atom. The van der Waals surface area contributed by atoms with Gasteiger partial charge in [-0.1, -0.05) is 49.7 Å². The minimum atomic E-state index is 0.817. The summed E-state index contributed by atoms with van der Waals surface area (Å²) in [4.78, 5) is 0. The third kappa shape index (κ3) is 2.23. The van der Waals surface area contributed by atoms with Crippen molar-refractivity contribution in [2.45, 2.75) is 48.7 Å². The molecule has 3 rings (SSSR count). The van der Waals surface area contributed by atoms with Gasteiger partial charge in [-0.2, -0.15) is 4.57 Å². The van der Waals surface area contributed by atoms with Crippen molar-refractivity contribution in [2.24, 2.45) is 0 Å². The molecule has 3 heteroatoms. The predicted molar refractivity (Wildman–Crippen MR) is 75.8 cm³/mol. The standard InChI is InChI=1S/C14H18NS2/c1-2-3-4-7-11-10-15-12-8-5-6-9-13(12)17-14(15)16-11/h5-6,8-9,11H,2-4,7,10H2,1H3/q+1. The van der Waals surface area contributed by atoms with Gasteiger partial charge in [0.05, 0.1) is 5.25 Å². The van der Waals surface area contributed by atoms with Crippen LogP contribution in [-0.4, -0.2) is 5.25 Å². The summed E-state index contributed by atoms with van der Waals surface area (Å²) in [6, 6.07) is 8.78. The number of rotatable bonds is 4. The van der Waals surface area contributed by atoms with E-state index in [2.05, 4.69) is 47.5 Å². The van der Waals surface area contributed by atoms with Crippen LogP contribution in [0.3, 0.4) is 0 Å². The van der Waals surface area contributed by atoms with Crippen molar-refractivity contribution >= 4 is 33.3 Å². The molecule has 1 aromatic heterocycles. The molecule has 0 amide bonds. The molecule has 17 heavy (non-hydrogen) atoms. The molecular weight excluding hydrogens is 246 g/mol. The lowest BCUT2D eigenvalue weighted by Crippen LogP contribution is -2.33. The predicted octanol–water partition coefficient (Wildman–Crippen LogP) is 4.24. The van der Waals surface area contributed by atoms with Gasteiger partial charge in [-0.05, 0) is 24.2 Å². The molecule has 1 aliphatic rings. The molecule has 1 aromatic carbocycles. The van der Waals surface area contributed by atoms with Crippen LogP contribution in [0.15, 0.2) is 28.6 Å². The topological polar surface area (TPSA) is 3.88 Å². The average Bonchev–Trinajstić information content (AvgIpc) is 2.86. The van der Waals surface area contributed by atoms with Gasteiger partial charge < -0.3 is 0 Å². The van der Waals surface area contributed by atoms with E-state index in [1.165, 1.54) is 46.8 Å². The molecule has 1 aliphatic heterocycles. The Balaban J connectivity index is 1.75. The first-order valence-corrected chi connectivity index (χ1v) is 8.16. The average molecular weight is 264 g/mol. The largest absolute Gasteiger partial charge is 0.298 e. The fourth-order valence-electron chi connectivity index (χ4n) is 2.43. The van der Waals surface area contributed by atoms with Gasteiger partial charge >= 0.3 is 0 Å². The molecule has 0 radical (unpaired) electrons. The van der Waals surface area contributed by atoms with E-state index in [1.807, 2.05) is 11.3 Å². The van der Waals surface area contributed by atoms with Crippen LogP contribution in [0.25, 0.3) is 10.2 Å². The van der Waals surface area contributed by atoms with Gasteiger partial charge in [-0.25, -0.2) is 0 Å². The fourth-order valence-corrected chi connectivity index (χ4v) is 5.29. The van der Waals surface area contributed by atoms with Crippen molar-refractivity contribution in [1.82, 2.24) is 0 Å². The molecule has 1 unspecified atom stereocenters. The summed E-state index contributed by atoms with van der Waals surface area (Å²) in [6.07, 6.45) is 5.48. The third-order valence-corrected chi connectivity index (χ3v) is 6.00. The fraction of sp³-hybridized carbons (Fsp3) is 0.500. The Morgan fingerprint density at radius 1 is 1.29 bits per heavy atom. The van der Waals surface area contributed by atoms with Crippen molar-refractivity contribution in [3.63, 3.8) is 0 Å². The lowest BCUT2D eigenvalue weighted by Gasteiger charge is -2.02. The van der Waals surface area contributed by atoms with Crippen LogP contribution in [0.5, 0.6) is 0 Å². The second-order valence-electron chi connectivity index (χ2n) is 4.68. The second-order valence-corrected chi connectivity index (χ2v) is 7.26. The zero-order valence-electron chi connectivity index (χ0n) is 10.2. The Kier molecular flexibility index (Phi) is 3.39. The first-order chi connectivity index (χ1) is 8.38. The summed E-state index contributed by atoms with van der Waals surface area (Å²) in [7, 11) is 0. The number of thiazole rings is 1. The van der Waals surface area contributed by atoms with Gasteiger partial charge in [0, 0.05) is 6.07 Å². The van der Waals surface area contributed by atoms with E-state index < -0.39 is 0 Å². The molecule has 0 bridgehead atoms. The van der Waals surface area contributed by atoms with Gasteiger partial charge in [0.1, 0.15) is 4.70 Å².